The summed E-state index contributed by atoms with van der Waals surface area (Å²) in [5, 5.41) is 3.33. The van der Waals surface area contributed by atoms with Crippen molar-refractivity contribution in [2.24, 2.45) is 0 Å². The van der Waals surface area contributed by atoms with E-state index in [1.165, 1.54) is 21.2 Å². The lowest BCUT2D eigenvalue weighted by atomic mass is 10.0. The lowest BCUT2D eigenvalue weighted by molar-refractivity contribution is 0.415. The van der Waals surface area contributed by atoms with Crippen molar-refractivity contribution >= 4 is 21.4 Å². The van der Waals surface area contributed by atoms with E-state index in [2.05, 4.69) is 29.6 Å². The van der Waals surface area contributed by atoms with Crippen LogP contribution in [0.25, 0.3) is 21.2 Å². The highest BCUT2D eigenvalue weighted by Crippen LogP contribution is 2.38. The molecule has 0 saturated carbocycles. The molecule has 0 saturated heterocycles. The van der Waals surface area contributed by atoms with Crippen LogP contribution in [0.3, 0.4) is 0 Å². The second-order valence-corrected chi connectivity index (χ2v) is 5.12. The van der Waals surface area contributed by atoms with E-state index in [1.54, 1.807) is 25.6 Å². The third-order valence-electron chi connectivity index (χ3n) is 3.20. The average molecular weight is 300 g/mol. The largest absolute Gasteiger partial charge is 0.497 e. The minimum Gasteiger partial charge on any atom is -0.497 e. The van der Waals surface area contributed by atoms with Crippen molar-refractivity contribution in [2.45, 2.75) is 13.8 Å². The molecule has 0 fully saturated rings. The summed E-state index contributed by atoms with van der Waals surface area (Å²) in [6.45, 7) is 4.00. The third kappa shape index (κ3) is 3.03. The van der Waals surface area contributed by atoms with E-state index in [4.69, 9.17) is 9.47 Å². The summed E-state index contributed by atoms with van der Waals surface area (Å²) in [4.78, 5) is 0. The number of benzene rings is 2. The Morgan fingerprint density at radius 1 is 0.810 bits per heavy atom. The third-order valence-corrected chi connectivity index (χ3v) is 4.13. The van der Waals surface area contributed by atoms with E-state index in [-0.39, 0.29) is 0 Å². The zero-order valence-corrected chi connectivity index (χ0v) is 13.7. The van der Waals surface area contributed by atoms with Gasteiger partial charge < -0.3 is 9.47 Å². The molecule has 0 spiro atoms. The number of thiophene rings is 1. The highest BCUT2D eigenvalue weighted by atomic mass is 32.1. The Kier molecular flexibility index (Phi) is 5.23. The van der Waals surface area contributed by atoms with Crippen LogP contribution in [-0.4, -0.2) is 14.2 Å². The molecule has 0 unspecified atom stereocenters. The number of hydrogen-bond acceptors (Lipinski definition) is 3. The van der Waals surface area contributed by atoms with Crippen LogP contribution in [0.15, 0.2) is 47.8 Å². The number of rotatable bonds is 3. The summed E-state index contributed by atoms with van der Waals surface area (Å²) in [6, 6.07) is 14.4. The number of ether oxygens (including phenoxy) is 2. The van der Waals surface area contributed by atoms with Gasteiger partial charge in [-0.25, -0.2) is 0 Å². The summed E-state index contributed by atoms with van der Waals surface area (Å²) in [5.74, 6) is 1.81. The van der Waals surface area contributed by atoms with Gasteiger partial charge in [0.25, 0.3) is 0 Å². The SMILES string of the molecule is CC.COc1ccc(-c2ccc(OC)c3sccc23)cc1. The first-order chi connectivity index (χ1) is 10.3. The predicted octanol–water partition coefficient (Wildman–Crippen LogP) is 5.61. The highest BCUT2D eigenvalue weighted by molar-refractivity contribution is 7.17. The normalized spacial score (nSPS) is 9.90. The van der Waals surface area contributed by atoms with Gasteiger partial charge in [0.05, 0.1) is 18.9 Å². The summed E-state index contributed by atoms with van der Waals surface area (Å²) in [7, 11) is 3.39. The topological polar surface area (TPSA) is 18.5 Å². The minimum atomic E-state index is 0.874. The molecule has 2 aromatic carbocycles. The van der Waals surface area contributed by atoms with Crippen molar-refractivity contribution < 1.29 is 9.47 Å². The van der Waals surface area contributed by atoms with Gasteiger partial charge in [0.2, 0.25) is 0 Å². The van der Waals surface area contributed by atoms with Gasteiger partial charge in [0.15, 0.2) is 0 Å². The van der Waals surface area contributed by atoms with Crippen LogP contribution < -0.4 is 9.47 Å². The molecule has 21 heavy (non-hydrogen) atoms. The maximum absolute atomic E-state index is 5.40. The van der Waals surface area contributed by atoms with Gasteiger partial charge in [-0.1, -0.05) is 26.0 Å². The molecule has 3 rings (SSSR count). The van der Waals surface area contributed by atoms with Gasteiger partial charge in [-0.05, 0) is 46.8 Å². The Morgan fingerprint density at radius 3 is 2.14 bits per heavy atom. The number of methoxy groups -OCH3 is 2. The summed E-state index contributed by atoms with van der Waals surface area (Å²) < 4.78 is 11.8. The molecule has 0 atom stereocenters. The van der Waals surface area contributed by atoms with Gasteiger partial charge in [0.1, 0.15) is 11.5 Å². The molecule has 110 valence electrons. The lowest BCUT2D eigenvalue weighted by Crippen LogP contribution is -1.86. The van der Waals surface area contributed by atoms with Crippen LogP contribution >= 0.6 is 11.3 Å². The molecule has 1 heterocycles. The molecule has 0 aliphatic rings. The zero-order valence-electron chi connectivity index (χ0n) is 12.8. The Bertz CT molecular complexity index is 699. The van der Waals surface area contributed by atoms with Crippen LogP contribution in [0, 0.1) is 0 Å². The molecule has 2 nitrogen and oxygen atoms in total. The standard InChI is InChI=1S/C16H14O2S.C2H6/c1-17-12-5-3-11(4-6-12)13-7-8-15(18-2)16-14(13)9-10-19-16;1-2/h3-10H,1-2H3;1-2H3. The molecular formula is C18H20O2S. The second kappa shape index (κ2) is 7.14. The van der Waals surface area contributed by atoms with Gasteiger partial charge in [-0.15, -0.1) is 11.3 Å². The van der Waals surface area contributed by atoms with Gasteiger partial charge >= 0.3 is 0 Å². The van der Waals surface area contributed by atoms with E-state index >= 15 is 0 Å². The van der Waals surface area contributed by atoms with Crippen molar-refractivity contribution in [3.8, 4) is 22.6 Å². The highest BCUT2D eigenvalue weighted by Gasteiger charge is 2.09. The smallest absolute Gasteiger partial charge is 0.136 e. The monoisotopic (exact) mass is 300 g/mol. The molecule has 0 amide bonds. The second-order valence-electron chi connectivity index (χ2n) is 4.21. The van der Waals surface area contributed by atoms with E-state index in [1.807, 2.05) is 32.0 Å². The lowest BCUT2D eigenvalue weighted by Gasteiger charge is -2.08. The van der Waals surface area contributed by atoms with Crippen LogP contribution in [0.5, 0.6) is 11.5 Å². The zero-order chi connectivity index (χ0) is 15.2. The quantitative estimate of drug-likeness (QED) is 0.625. The van der Waals surface area contributed by atoms with Crippen molar-refractivity contribution in [3.05, 3.63) is 47.8 Å². The van der Waals surface area contributed by atoms with Gasteiger partial charge in [0, 0.05) is 5.39 Å². The molecule has 3 heteroatoms. The molecular weight excluding hydrogens is 280 g/mol. The van der Waals surface area contributed by atoms with Crippen LogP contribution in [0.2, 0.25) is 0 Å². The minimum absolute atomic E-state index is 0.874. The van der Waals surface area contributed by atoms with Crippen molar-refractivity contribution in [1.82, 2.24) is 0 Å². The van der Waals surface area contributed by atoms with Crippen molar-refractivity contribution in [1.29, 1.82) is 0 Å². The predicted molar refractivity (Wildman–Crippen MR) is 91.7 cm³/mol. The van der Waals surface area contributed by atoms with Crippen molar-refractivity contribution in [3.63, 3.8) is 0 Å². The molecule has 1 aromatic heterocycles. The first-order valence-electron chi connectivity index (χ1n) is 7.02. The molecule has 0 radical (unpaired) electrons. The van der Waals surface area contributed by atoms with E-state index in [0.717, 1.165) is 11.5 Å². The van der Waals surface area contributed by atoms with Crippen LogP contribution in [0.4, 0.5) is 0 Å². The average Bonchev–Trinajstić information content (AvgIpc) is 3.05. The Balaban J connectivity index is 0.000000774. The summed E-state index contributed by atoms with van der Waals surface area (Å²) in [5.41, 5.74) is 2.41. The van der Waals surface area contributed by atoms with Crippen molar-refractivity contribution in [2.75, 3.05) is 14.2 Å². The Labute approximate surface area is 130 Å². The number of hydrogen-bond donors (Lipinski definition) is 0. The van der Waals surface area contributed by atoms with Crippen LogP contribution in [-0.2, 0) is 0 Å². The van der Waals surface area contributed by atoms with E-state index < -0.39 is 0 Å². The summed E-state index contributed by atoms with van der Waals surface area (Å²) in [6.07, 6.45) is 0. The Morgan fingerprint density at radius 2 is 1.52 bits per heavy atom. The first kappa shape index (κ1) is 15.4. The fraction of sp³-hybridized carbons (Fsp3) is 0.222. The first-order valence-corrected chi connectivity index (χ1v) is 7.90. The molecule has 0 aliphatic heterocycles. The molecule has 0 aliphatic carbocycles. The van der Waals surface area contributed by atoms with E-state index in [9.17, 15) is 0 Å². The van der Waals surface area contributed by atoms with Crippen LogP contribution in [0.1, 0.15) is 13.8 Å². The number of fused-ring (bicyclic) bond motifs is 1. The molecule has 0 N–H and O–H groups in total. The molecule has 3 aromatic rings. The Hall–Kier alpha value is -2.00. The summed E-state index contributed by atoms with van der Waals surface area (Å²) >= 11 is 1.71. The van der Waals surface area contributed by atoms with Gasteiger partial charge in [-0.2, -0.15) is 0 Å². The molecule has 0 bridgehead atoms. The fourth-order valence-corrected chi connectivity index (χ4v) is 3.13. The van der Waals surface area contributed by atoms with Gasteiger partial charge in [-0.3, -0.25) is 0 Å². The maximum atomic E-state index is 5.40. The fourth-order valence-electron chi connectivity index (χ4n) is 2.22. The van der Waals surface area contributed by atoms with E-state index in [0.29, 0.717) is 0 Å². The maximum Gasteiger partial charge on any atom is 0.136 e.